The molecule has 0 saturated carbocycles. The summed E-state index contributed by atoms with van der Waals surface area (Å²) in [5.41, 5.74) is 4.00. The van der Waals surface area contributed by atoms with Crippen molar-refractivity contribution < 1.29 is 9.36 Å². The van der Waals surface area contributed by atoms with Gasteiger partial charge < -0.3 is 5.32 Å². The summed E-state index contributed by atoms with van der Waals surface area (Å²) in [5.74, 6) is -0.0183. The summed E-state index contributed by atoms with van der Waals surface area (Å²) in [4.78, 5) is 13.6. The van der Waals surface area contributed by atoms with E-state index in [2.05, 4.69) is 11.9 Å². The van der Waals surface area contributed by atoms with E-state index in [1.807, 2.05) is 68.1 Å². The number of Topliss-reactive ketones (excluding diaryl/α,β-unsaturated/α-hetero) is 1. The first-order valence-corrected chi connectivity index (χ1v) is 8.32. The first-order chi connectivity index (χ1) is 11.4. The first kappa shape index (κ1) is 18.0. The van der Waals surface area contributed by atoms with Gasteiger partial charge in [-0.2, -0.15) is 4.57 Å². The fraction of sp³-hybridized carbons (Fsp3) is 0.250. The monoisotopic (exact) mass is 339 g/mol. The second-order valence-corrected chi connectivity index (χ2v) is 6.37. The number of ketones is 1. The molecule has 0 aliphatic carbocycles. The Balaban J connectivity index is 2.44. The van der Waals surface area contributed by atoms with Crippen LogP contribution in [0.1, 0.15) is 33.1 Å². The first-order valence-electron chi connectivity index (χ1n) is 7.91. The van der Waals surface area contributed by atoms with Crippen LogP contribution in [0.3, 0.4) is 0 Å². The van der Waals surface area contributed by atoms with Crippen LogP contribution in [0.5, 0.6) is 0 Å². The average Bonchev–Trinajstić information content (AvgIpc) is 2.55. The van der Waals surface area contributed by atoms with E-state index < -0.39 is 6.04 Å². The minimum absolute atomic E-state index is 0.0183. The Labute approximate surface area is 149 Å². The van der Waals surface area contributed by atoms with E-state index in [1.165, 1.54) is 5.56 Å². The molecule has 0 unspecified atom stereocenters. The van der Waals surface area contributed by atoms with Gasteiger partial charge in [0, 0.05) is 23.7 Å². The van der Waals surface area contributed by atoms with Crippen molar-refractivity contribution in [3.63, 3.8) is 0 Å². The van der Waals surface area contributed by atoms with Gasteiger partial charge in [0.25, 0.3) is 6.04 Å². The molecule has 0 radical (unpaired) electrons. The largest absolute Gasteiger partial charge is 0.370 e. The molecule has 2 rings (SSSR count). The fourth-order valence-electron chi connectivity index (χ4n) is 2.49. The van der Waals surface area contributed by atoms with Crippen molar-refractivity contribution in [2.24, 2.45) is 0 Å². The number of pyridine rings is 1. The van der Waals surface area contributed by atoms with Gasteiger partial charge in [0.15, 0.2) is 17.4 Å². The minimum Gasteiger partial charge on any atom is -0.370 e. The van der Waals surface area contributed by atoms with Gasteiger partial charge in [-0.15, -0.1) is 6.58 Å². The number of aryl methyl sites for hydroxylation is 3. The molecule has 0 saturated heterocycles. The Morgan fingerprint density at radius 3 is 2.67 bits per heavy atom. The van der Waals surface area contributed by atoms with Gasteiger partial charge in [0.1, 0.15) is 0 Å². The number of aromatic nitrogens is 1. The highest BCUT2D eigenvalue weighted by atomic mass is 32.1. The number of benzene rings is 1. The summed E-state index contributed by atoms with van der Waals surface area (Å²) in [6.45, 7) is 10.3. The molecule has 2 aromatic rings. The Bertz CT molecular complexity index is 783. The van der Waals surface area contributed by atoms with E-state index in [0.29, 0.717) is 17.1 Å². The van der Waals surface area contributed by atoms with Gasteiger partial charge in [0.2, 0.25) is 5.78 Å². The van der Waals surface area contributed by atoms with Gasteiger partial charge in [-0.25, -0.2) is 0 Å². The molecule has 1 aromatic heterocycles. The summed E-state index contributed by atoms with van der Waals surface area (Å²) < 4.78 is 1.87. The molecule has 1 aromatic carbocycles. The lowest BCUT2D eigenvalue weighted by Gasteiger charge is -2.15. The van der Waals surface area contributed by atoms with Crippen molar-refractivity contribution in [1.29, 1.82) is 0 Å². The maximum atomic E-state index is 13.2. The van der Waals surface area contributed by atoms with E-state index in [1.54, 1.807) is 6.08 Å². The zero-order valence-electron chi connectivity index (χ0n) is 14.4. The lowest BCUT2D eigenvalue weighted by molar-refractivity contribution is -0.692. The number of nitrogens with zero attached hydrogens (tertiary/aromatic N) is 1. The summed E-state index contributed by atoms with van der Waals surface area (Å²) in [7, 11) is 0. The standard InChI is InChI=1S/C20H22N2OS/c1-5-10-21-20(24)18(22-11-6-7-14(2)13-22)19(23)17-9-8-15(3)16(4)12-17/h5-9,11-13,18H,1,10H2,2-4H3/p+1/t18-/m0/s1. The molecule has 1 heterocycles. The molecule has 124 valence electrons. The van der Waals surface area contributed by atoms with Crippen molar-refractivity contribution in [2.75, 3.05) is 6.54 Å². The Morgan fingerprint density at radius 2 is 2.04 bits per heavy atom. The molecular weight excluding hydrogens is 316 g/mol. The Morgan fingerprint density at radius 1 is 1.29 bits per heavy atom. The molecule has 24 heavy (non-hydrogen) atoms. The van der Waals surface area contributed by atoms with Gasteiger partial charge >= 0.3 is 0 Å². The lowest BCUT2D eigenvalue weighted by Crippen LogP contribution is -2.51. The average molecular weight is 339 g/mol. The topological polar surface area (TPSA) is 33.0 Å². The maximum Gasteiger partial charge on any atom is 0.270 e. The van der Waals surface area contributed by atoms with Crippen LogP contribution in [0.2, 0.25) is 0 Å². The highest BCUT2D eigenvalue weighted by Gasteiger charge is 2.33. The predicted octanol–water partition coefficient (Wildman–Crippen LogP) is 3.43. The summed E-state index contributed by atoms with van der Waals surface area (Å²) in [6.07, 6.45) is 5.54. The normalized spacial score (nSPS) is 11.6. The lowest BCUT2D eigenvalue weighted by atomic mass is 9.99. The van der Waals surface area contributed by atoms with E-state index in [-0.39, 0.29) is 5.78 Å². The SMILES string of the molecule is C=CCNC(=S)[C@H](C(=O)c1ccc(C)c(C)c1)[n+]1cccc(C)c1. The van der Waals surface area contributed by atoms with Crippen LogP contribution in [0.25, 0.3) is 0 Å². The molecule has 4 heteroatoms. The molecule has 0 bridgehead atoms. The smallest absolute Gasteiger partial charge is 0.270 e. The summed E-state index contributed by atoms with van der Waals surface area (Å²) in [6, 6.07) is 9.12. The molecule has 1 atom stereocenters. The minimum atomic E-state index is -0.568. The van der Waals surface area contributed by atoms with Crippen LogP contribution in [0.15, 0.2) is 55.4 Å². The van der Waals surface area contributed by atoms with Gasteiger partial charge in [-0.3, -0.25) is 4.79 Å². The molecule has 0 aliphatic rings. The van der Waals surface area contributed by atoms with Gasteiger partial charge in [-0.05, 0) is 44.0 Å². The number of carbonyl (C=O) groups excluding carboxylic acids is 1. The molecule has 0 amide bonds. The number of rotatable bonds is 6. The summed E-state index contributed by atoms with van der Waals surface area (Å²) in [5, 5.41) is 3.10. The highest BCUT2D eigenvalue weighted by molar-refractivity contribution is 7.80. The number of thiocarbonyl (C=S) groups is 1. The Hall–Kier alpha value is -2.33. The third-order valence-electron chi connectivity index (χ3n) is 3.98. The number of hydrogen-bond donors (Lipinski definition) is 1. The fourth-order valence-corrected chi connectivity index (χ4v) is 2.80. The van der Waals surface area contributed by atoms with Crippen LogP contribution in [0.4, 0.5) is 0 Å². The molecule has 0 fully saturated rings. The Kier molecular flexibility index (Phi) is 5.99. The number of nitrogens with one attached hydrogen (secondary N) is 1. The van der Waals surface area contributed by atoms with Crippen LogP contribution in [0, 0.1) is 20.8 Å². The third-order valence-corrected chi connectivity index (χ3v) is 4.34. The number of carbonyl (C=O) groups is 1. The van der Waals surface area contributed by atoms with Crippen molar-refractivity contribution in [2.45, 2.75) is 26.8 Å². The zero-order valence-corrected chi connectivity index (χ0v) is 15.2. The number of hydrogen-bond acceptors (Lipinski definition) is 2. The second-order valence-electron chi connectivity index (χ2n) is 5.93. The highest BCUT2D eigenvalue weighted by Crippen LogP contribution is 2.15. The van der Waals surface area contributed by atoms with Gasteiger partial charge in [-0.1, -0.05) is 30.4 Å². The van der Waals surface area contributed by atoms with E-state index >= 15 is 0 Å². The predicted molar refractivity (Wildman–Crippen MR) is 101 cm³/mol. The second kappa shape index (κ2) is 7.97. The molecule has 3 nitrogen and oxygen atoms in total. The van der Waals surface area contributed by atoms with Crippen molar-refractivity contribution >= 4 is 23.0 Å². The van der Waals surface area contributed by atoms with Crippen molar-refractivity contribution in [3.8, 4) is 0 Å². The van der Waals surface area contributed by atoms with E-state index in [0.717, 1.165) is 11.1 Å². The van der Waals surface area contributed by atoms with Crippen molar-refractivity contribution in [1.82, 2.24) is 5.32 Å². The van der Waals surface area contributed by atoms with E-state index in [9.17, 15) is 4.79 Å². The maximum absolute atomic E-state index is 13.2. The van der Waals surface area contributed by atoms with Gasteiger partial charge in [0.05, 0.1) is 0 Å². The van der Waals surface area contributed by atoms with Crippen molar-refractivity contribution in [3.05, 3.63) is 77.6 Å². The quantitative estimate of drug-likeness (QED) is 0.379. The van der Waals surface area contributed by atoms with Crippen LogP contribution < -0.4 is 9.88 Å². The third kappa shape index (κ3) is 4.15. The van der Waals surface area contributed by atoms with Crippen LogP contribution >= 0.6 is 12.2 Å². The molecule has 0 aliphatic heterocycles. The summed E-state index contributed by atoms with van der Waals surface area (Å²) >= 11 is 5.50. The van der Waals surface area contributed by atoms with Crippen LogP contribution in [-0.2, 0) is 0 Å². The van der Waals surface area contributed by atoms with Crippen LogP contribution in [-0.4, -0.2) is 17.3 Å². The van der Waals surface area contributed by atoms with E-state index in [4.69, 9.17) is 12.2 Å². The molecule has 1 N–H and O–H groups in total. The molecule has 0 spiro atoms. The zero-order chi connectivity index (χ0) is 17.7. The molecular formula is C20H23N2OS+.